The van der Waals surface area contributed by atoms with Crippen molar-refractivity contribution in [3.8, 4) is 6.07 Å². The second-order valence-corrected chi connectivity index (χ2v) is 2.74. The van der Waals surface area contributed by atoms with Crippen LogP contribution in [0.25, 0.3) is 0 Å². The van der Waals surface area contributed by atoms with Crippen molar-refractivity contribution in [3.63, 3.8) is 0 Å². The predicted octanol–water partition coefficient (Wildman–Crippen LogP) is -0.198. The molecular weight excluding hydrogens is 126 g/mol. The van der Waals surface area contributed by atoms with E-state index in [0.29, 0.717) is 6.04 Å². The van der Waals surface area contributed by atoms with Gasteiger partial charge in [0.2, 0.25) is 0 Å². The quantitative estimate of drug-likeness (QED) is 0.576. The topological polar surface area (TPSA) is 39.1 Å². The minimum absolute atomic E-state index is 0.0876. The van der Waals surface area contributed by atoms with Crippen molar-refractivity contribution in [1.29, 1.82) is 5.26 Å². The zero-order chi connectivity index (χ0) is 7.56. The van der Waals surface area contributed by atoms with Crippen LogP contribution in [0.15, 0.2) is 0 Å². The largest absolute Gasteiger partial charge is 0.315 e. The molecule has 3 heteroatoms. The van der Waals surface area contributed by atoms with Crippen LogP contribution in [-0.4, -0.2) is 37.1 Å². The molecule has 1 aliphatic heterocycles. The van der Waals surface area contributed by atoms with Gasteiger partial charge in [0.1, 0.15) is 0 Å². The molecule has 1 aliphatic rings. The van der Waals surface area contributed by atoms with Crippen LogP contribution in [0.2, 0.25) is 0 Å². The smallest absolute Gasteiger partial charge is 0.0950 e. The van der Waals surface area contributed by atoms with E-state index >= 15 is 0 Å². The number of hydrogen-bond acceptors (Lipinski definition) is 3. The lowest BCUT2D eigenvalue weighted by molar-refractivity contribution is 0.112. The molecular formula is C7H13N3. The first-order valence-corrected chi connectivity index (χ1v) is 3.59. The summed E-state index contributed by atoms with van der Waals surface area (Å²) in [5.74, 6) is 0. The van der Waals surface area contributed by atoms with Crippen LogP contribution >= 0.6 is 0 Å². The summed E-state index contributed by atoms with van der Waals surface area (Å²) in [5.41, 5.74) is 0. The molecule has 1 rings (SSSR count). The molecule has 0 amide bonds. The first-order chi connectivity index (χ1) is 4.77. The predicted molar refractivity (Wildman–Crippen MR) is 39.5 cm³/mol. The van der Waals surface area contributed by atoms with E-state index in [1.807, 2.05) is 14.0 Å². The van der Waals surface area contributed by atoms with E-state index in [-0.39, 0.29) is 6.04 Å². The fourth-order valence-corrected chi connectivity index (χ4v) is 1.09. The van der Waals surface area contributed by atoms with Crippen molar-refractivity contribution < 1.29 is 0 Å². The highest BCUT2D eigenvalue weighted by molar-refractivity contribution is 4.96. The van der Waals surface area contributed by atoms with Crippen LogP contribution in [0.5, 0.6) is 0 Å². The van der Waals surface area contributed by atoms with Gasteiger partial charge in [0, 0.05) is 19.1 Å². The molecule has 3 nitrogen and oxygen atoms in total. The third-order valence-electron chi connectivity index (χ3n) is 2.05. The molecule has 0 radical (unpaired) electrons. The molecule has 1 N–H and O–H groups in total. The lowest BCUT2D eigenvalue weighted by Gasteiger charge is -2.40. The van der Waals surface area contributed by atoms with E-state index in [2.05, 4.69) is 16.3 Å². The molecule has 1 saturated heterocycles. The summed E-state index contributed by atoms with van der Waals surface area (Å²) in [4.78, 5) is 2.15. The minimum Gasteiger partial charge on any atom is -0.315 e. The SMILES string of the molecule is CNC1CN([C@H](C)C#N)C1. The maximum absolute atomic E-state index is 8.52. The van der Waals surface area contributed by atoms with Crippen LogP contribution in [-0.2, 0) is 0 Å². The lowest BCUT2D eigenvalue weighted by atomic mass is 10.1. The average molecular weight is 139 g/mol. The maximum Gasteiger partial charge on any atom is 0.0950 e. The normalized spacial score (nSPS) is 23.3. The van der Waals surface area contributed by atoms with Gasteiger partial charge in [-0.1, -0.05) is 0 Å². The number of nitrogens with zero attached hydrogens (tertiary/aromatic N) is 2. The molecule has 10 heavy (non-hydrogen) atoms. The van der Waals surface area contributed by atoms with Crippen LogP contribution in [0.4, 0.5) is 0 Å². The van der Waals surface area contributed by atoms with Gasteiger partial charge in [-0.2, -0.15) is 5.26 Å². The third kappa shape index (κ3) is 1.28. The van der Waals surface area contributed by atoms with Gasteiger partial charge >= 0.3 is 0 Å². The standard InChI is InChI=1S/C7H13N3/c1-6(3-8)10-4-7(5-10)9-2/h6-7,9H,4-5H2,1-2H3/t6-/m1/s1. The fourth-order valence-electron chi connectivity index (χ4n) is 1.09. The Morgan fingerprint density at radius 2 is 2.30 bits per heavy atom. The summed E-state index contributed by atoms with van der Waals surface area (Å²) in [7, 11) is 1.96. The van der Waals surface area contributed by atoms with E-state index in [0.717, 1.165) is 13.1 Å². The van der Waals surface area contributed by atoms with Crippen LogP contribution in [0.1, 0.15) is 6.92 Å². The van der Waals surface area contributed by atoms with Crippen molar-refractivity contribution in [1.82, 2.24) is 10.2 Å². The Morgan fingerprint density at radius 1 is 1.70 bits per heavy atom. The summed E-state index contributed by atoms with van der Waals surface area (Å²) in [5, 5.41) is 11.7. The summed E-state index contributed by atoms with van der Waals surface area (Å²) in [6.45, 7) is 3.97. The Morgan fingerprint density at radius 3 is 2.70 bits per heavy atom. The molecule has 0 aromatic rings. The van der Waals surface area contributed by atoms with E-state index in [4.69, 9.17) is 5.26 Å². The highest BCUT2D eigenvalue weighted by Crippen LogP contribution is 2.10. The van der Waals surface area contributed by atoms with Crippen molar-refractivity contribution in [3.05, 3.63) is 0 Å². The zero-order valence-corrected chi connectivity index (χ0v) is 6.46. The second kappa shape index (κ2) is 3.00. The van der Waals surface area contributed by atoms with Crippen molar-refractivity contribution >= 4 is 0 Å². The van der Waals surface area contributed by atoms with E-state index in [1.54, 1.807) is 0 Å². The van der Waals surface area contributed by atoms with E-state index in [1.165, 1.54) is 0 Å². The Kier molecular flexibility index (Phi) is 2.25. The highest BCUT2D eigenvalue weighted by Gasteiger charge is 2.28. The lowest BCUT2D eigenvalue weighted by Crippen LogP contribution is -2.59. The number of likely N-dealkylation sites (N-methyl/N-ethyl adjacent to an activating group) is 1. The molecule has 1 heterocycles. The monoisotopic (exact) mass is 139 g/mol. The Bertz CT molecular complexity index is 143. The summed E-state index contributed by atoms with van der Waals surface area (Å²) < 4.78 is 0. The maximum atomic E-state index is 8.52. The number of nitriles is 1. The van der Waals surface area contributed by atoms with Gasteiger partial charge in [0.05, 0.1) is 12.1 Å². The van der Waals surface area contributed by atoms with Gasteiger partial charge < -0.3 is 5.32 Å². The average Bonchev–Trinajstić information content (AvgIpc) is 1.85. The summed E-state index contributed by atoms with van der Waals surface area (Å²) >= 11 is 0. The van der Waals surface area contributed by atoms with Gasteiger partial charge in [-0.3, -0.25) is 4.90 Å². The fraction of sp³-hybridized carbons (Fsp3) is 0.857. The second-order valence-electron chi connectivity index (χ2n) is 2.74. The van der Waals surface area contributed by atoms with Crippen molar-refractivity contribution in [2.75, 3.05) is 20.1 Å². The van der Waals surface area contributed by atoms with Gasteiger partial charge in [-0.15, -0.1) is 0 Å². The van der Waals surface area contributed by atoms with E-state index in [9.17, 15) is 0 Å². The molecule has 0 aliphatic carbocycles. The van der Waals surface area contributed by atoms with E-state index < -0.39 is 0 Å². The Hall–Kier alpha value is -0.590. The molecule has 1 atom stereocenters. The minimum atomic E-state index is 0.0876. The van der Waals surface area contributed by atoms with Crippen LogP contribution in [0, 0.1) is 11.3 Å². The van der Waals surface area contributed by atoms with Crippen LogP contribution in [0.3, 0.4) is 0 Å². The molecule has 1 fully saturated rings. The highest BCUT2D eigenvalue weighted by atomic mass is 15.3. The Labute approximate surface area is 61.6 Å². The number of hydrogen-bond donors (Lipinski definition) is 1. The Balaban J connectivity index is 2.21. The molecule has 0 unspecified atom stereocenters. The molecule has 0 aromatic heterocycles. The first-order valence-electron chi connectivity index (χ1n) is 3.59. The van der Waals surface area contributed by atoms with Gasteiger partial charge in [0.15, 0.2) is 0 Å². The van der Waals surface area contributed by atoms with Crippen molar-refractivity contribution in [2.45, 2.75) is 19.0 Å². The van der Waals surface area contributed by atoms with Gasteiger partial charge in [0.25, 0.3) is 0 Å². The summed E-state index contributed by atoms with van der Waals surface area (Å²) in [6, 6.07) is 2.90. The van der Waals surface area contributed by atoms with Gasteiger partial charge in [-0.05, 0) is 14.0 Å². The molecule has 0 saturated carbocycles. The summed E-state index contributed by atoms with van der Waals surface area (Å²) in [6.07, 6.45) is 0. The van der Waals surface area contributed by atoms with Crippen LogP contribution < -0.4 is 5.32 Å². The number of nitrogens with one attached hydrogen (secondary N) is 1. The van der Waals surface area contributed by atoms with Crippen molar-refractivity contribution in [2.24, 2.45) is 0 Å². The molecule has 56 valence electrons. The number of rotatable bonds is 2. The zero-order valence-electron chi connectivity index (χ0n) is 6.46. The number of likely N-dealkylation sites (tertiary alicyclic amines) is 1. The first kappa shape index (κ1) is 7.52. The molecule has 0 spiro atoms. The molecule has 0 bridgehead atoms. The molecule has 0 aromatic carbocycles. The van der Waals surface area contributed by atoms with Gasteiger partial charge in [-0.25, -0.2) is 0 Å². The third-order valence-corrected chi connectivity index (χ3v) is 2.05.